The lowest BCUT2D eigenvalue weighted by atomic mass is 9.94. The predicted molar refractivity (Wildman–Crippen MR) is 56.5 cm³/mol. The molecular weight excluding hydrogens is 208 g/mol. The highest BCUT2D eigenvalue weighted by Crippen LogP contribution is 2.25. The molecule has 0 spiro atoms. The van der Waals surface area contributed by atoms with E-state index < -0.39 is 0 Å². The molecule has 0 amide bonds. The Labute approximate surface area is 93.2 Å². The summed E-state index contributed by atoms with van der Waals surface area (Å²) in [4.78, 5) is 23.1. The standard InChI is InChI=1S/C12H12O4/c1-8-7-9-3-4-10(8)12(14)16-6-2-5-15-11(9)13/h3-4H,1-2,5-7H2. The summed E-state index contributed by atoms with van der Waals surface area (Å²) in [6.45, 7) is 4.29. The first-order valence-electron chi connectivity index (χ1n) is 5.12. The fourth-order valence-electron chi connectivity index (χ4n) is 1.60. The minimum Gasteiger partial charge on any atom is -0.462 e. The monoisotopic (exact) mass is 220 g/mol. The number of fused-ring (bicyclic) bond motifs is 8. The van der Waals surface area contributed by atoms with Gasteiger partial charge in [-0.1, -0.05) is 12.7 Å². The molecule has 0 unspecified atom stereocenters. The van der Waals surface area contributed by atoms with E-state index in [1.54, 1.807) is 12.2 Å². The number of esters is 2. The van der Waals surface area contributed by atoms with Crippen LogP contribution in [0.1, 0.15) is 12.8 Å². The normalized spacial score (nSPS) is 21.6. The average Bonchev–Trinajstić information content (AvgIpc) is 2.30. The van der Waals surface area contributed by atoms with Crippen molar-refractivity contribution in [3.05, 3.63) is 35.5 Å². The van der Waals surface area contributed by atoms with Crippen LogP contribution in [0.5, 0.6) is 0 Å². The first-order valence-corrected chi connectivity index (χ1v) is 5.12. The van der Waals surface area contributed by atoms with E-state index in [0.29, 0.717) is 29.6 Å². The Morgan fingerprint density at radius 2 is 1.75 bits per heavy atom. The number of ether oxygens (including phenoxy) is 2. The van der Waals surface area contributed by atoms with Crippen LogP contribution in [0.25, 0.3) is 0 Å². The van der Waals surface area contributed by atoms with Crippen molar-refractivity contribution in [3.63, 3.8) is 0 Å². The lowest BCUT2D eigenvalue weighted by Crippen LogP contribution is -2.13. The molecule has 4 nitrogen and oxygen atoms in total. The van der Waals surface area contributed by atoms with Crippen LogP contribution in [0, 0.1) is 0 Å². The second kappa shape index (κ2) is 4.35. The summed E-state index contributed by atoms with van der Waals surface area (Å²) >= 11 is 0. The van der Waals surface area contributed by atoms with Gasteiger partial charge in [-0.05, 0) is 11.6 Å². The minimum absolute atomic E-state index is 0.256. The molecule has 2 aliphatic heterocycles. The van der Waals surface area contributed by atoms with Crippen molar-refractivity contribution in [2.24, 2.45) is 0 Å². The van der Waals surface area contributed by atoms with Gasteiger partial charge in [0.05, 0.1) is 18.8 Å². The summed E-state index contributed by atoms with van der Waals surface area (Å²) in [5.41, 5.74) is 1.57. The van der Waals surface area contributed by atoms with Crippen LogP contribution in [0.3, 0.4) is 0 Å². The highest BCUT2D eigenvalue weighted by Gasteiger charge is 2.23. The van der Waals surface area contributed by atoms with Gasteiger partial charge in [0.1, 0.15) is 0 Å². The van der Waals surface area contributed by atoms with Crippen LogP contribution in [-0.4, -0.2) is 25.2 Å². The Balaban J connectivity index is 2.31. The first kappa shape index (κ1) is 10.7. The molecular formula is C12H12O4. The van der Waals surface area contributed by atoms with E-state index in [1.807, 2.05) is 0 Å². The molecule has 1 saturated heterocycles. The summed E-state index contributed by atoms with van der Waals surface area (Å²) in [6, 6.07) is 0. The highest BCUT2D eigenvalue weighted by atomic mass is 16.5. The number of carbonyl (C=O) groups excluding carboxylic acids is 2. The number of hydrogen-bond donors (Lipinski definition) is 0. The second-order valence-corrected chi connectivity index (χ2v) is 3.68. The van der Waals surface area contributed by atoms with E-state index >= 15 is 0 Å². The lowest BCUT2D eigenvalue weighted by molar-refractivity contribution is -0.140. The molecule has 0 saturated carbocycles. The van der Waals surface area contributed by atoms with Crippen molar-refractivity contribution in [1.82, 2.24) is 0 Å². The van der Waals surface area contributed by atoms with Crippen LogP contribution in [0.2, 0.25) is 0 Å². The summed E-state index contributed by atoms with van der Waals surface area (Å²) in [6.07, 6.45) is 4.03. The van der Waals surface area contributed by atoms with Crippen molar-refractivity contribution in [2.75, 3.05) is 13.2 Å². The van der Waals surface area contributed by atoms with Gasteiger partial charge in [-0.3, -0.25) is 0 Å². The van der Waals surface area contributed by atoms with Gasteiger partial charge in [-0.2, -0.15) is 0 Å². The summed E-state index contributed by atoms with van der Waals surface area (Å²) < 4.78 is 10.0. The fourth-order valence-corrected chi connectivity index (χ4v) is 1.60. The first-order chi connectivity index (χ1) is 7.68. The third-order valence-corrected chi connectivity index (χ3v) is 2.47. The van der Waals surface area contributed by atoms with Gasteiger partial charge >= 0.3 is 11.9 Å². The Hall–Kier alpha value is -1.84. The Kier molecular flexibility index (Phi) is 2.90. The molecule has 0 aromatic rings. The van der Waals surface area contributed by atoms with Crippen LogP contribution in [-0.2, 0) is 19.1 Å². The molecule has 4 heteroatoms. The maximum atomic E-state index is 11.6. The van der Waals surface area contributed by atoms with Gasteiger partial charge in [0.25, 0.3) is 0 Å². The summed E-state index contributed by atoms with van der Waals surface area (Å²) in [5, 5.41) is 0. The van der Waals surface area contributed by atoms with Crippen LogP contribution in [0.4, 0.5) is 0 Å². The molecule has 84 valence electrons. The van der Waals surface area contributed by atoms with Gasteiger partial charge in [-0.15, -0.1) is 0 Å². The van der Waals surface area contributed by atoms with E-state index in [1.165, 1.54) is 0 Å². The van der Waals surface area contributed by atoms with Crippen LogP contribution < -0.4 is 0 Å². The number of carbonyl (C=O) groups is 2. The van der Waals surface area contributed by atoms with Gasteiger partial charge in [-0.25, -0.2) is 9.59 Å². The van der Waals surface area contributed by atoms with E-state index in [9.17, 15) is 9.59 Å². The van der Waals surface area contributed by atoms with E-state index in [0.717, 1.165) is 0 Å². The summed E-state index contributed by atoms with van der Waals surface area (Å²) in [5.74, 6) is -0.722. The highest BCUT2D eigenvalue weighted by molar-refractivity contribution is 5.97. The smallest absolute Gasteiger partial charge is 0.338 e. The van der Waals surface area contributed by atoms with E-state index in [2.05, 4.69) is 6.58 Å². The van der Waals surface area contributed by atoms with Crippen molar-refractivity contribution in [2.45, 2.75) is 12.8 Å². The molecule has 0 aromatic carbocycles. The van der Waals surface area contributed by atoms with Crippen molar-refractivity contribution in [1.29, 1.82) is 0 Å². The zero-order valence-electron chi connectivity index (χ0n) is 8.82. The maximum Gasteiger partial charge on any atom is 0.338 e. The summed E-state index contributed by atoms with van der Waals surface area (Å²) in [7, 11) is 0. The van der Waals surface area contributed by atoms with Crippen molar-refractivity contribution < 1.29 is 19.1 Å². The quantitative estimate of drug-likeness (QED) is 0.577. The van der Waals surface area contributed by atoms with Crippen molar-refractivity contribution in [3.8, 4) is 0 Å². The van der Waals surface area contributed by atoms with Crippen molar-refractivity contribution >= 4 is 11.9 Å². The molecule has 1 aliphatic carbocycles. The topological polar surface area (TPSA) is 52.6 Å². The van der Waals surface area contributed by atoms with E-state index in [4.69, 9.17) is 9.47 Å². The second-order valence-electron chi connectivity index (χ2n) is 3.68. The number of rotatable bonds is 0. The zero-order chi connectivity index (χ0) is 11.5. The van der Waals surface area contributed by atoms with Crippen LogP contribution in [0.15, 0.2) is 35.5 Å². The van der Waals surface area contributed by atoms with Crippen LogP contribution >= 0.6 is 0 Å². The third-order valence-electron chi connectivity index (χ3n) is 2.47. The SMILES string of the molecule is C=C1CC2=CC=C1C(=O)OCCCOC2=O. The zero-order valence-corrected chi connectivity index (χ0v) is 8.82. The molecule has 0 aromatic heterocycles. The molecule has 0 N–H and O–H groups in total. The largest absolute Gasteiger partial charge is 0.462 e. The Morgan fingerprint density at radius 3 is 2.44 bits per heavy atom. The molecule has 2 bridgehead atoms. The predicted octanol–water partition coefficient (Wildman–Crippen LogP) is 1.29. The molecule has 0 atom stereocenters. The van der Waals surface area contributed by atoms with Gasteiger partial charge in [0.15, 0.2) is 0 Å². The number of hydrogen-bond acceptors (Lipinski definition) is 4. The molecule has 1 fully saturated rings. The fraction of sp³-hybridized carbons (Fsp3) is 0.333. The molecule has 2 heterocycles. The maximum absolute atomic E-state index is 11.6. The minimum atomic E-state index is -0.380. The van der Waals surface area contributed by atoms with E-state index in [-0.39, 0.29) is 25.2 Å². The number of allylic oxidation sites excluding steroid dienone is 2. The molecule has 0 radical (unpaired) electrons. The van der Waals surface area contributed by atoms with Gasteiger partial charge in [0.2, 0.25) is 0 Å². The average molecular weight is 220 g/mol. The van der Waals surface area contributed by atoms with Gasteiger partial charge < -0.3 is 9.47 Å². The molecule has 3 rings (SSSR count). The Morgan fingerprint density at radius 1 is 1.06 bits per heavy atom. The lowest BCUT2D eigenvalue weighted by Gasteiger charge is -2.13. The molecule has 3 aliphatic rings. The molecule has 16 heavy (non-hydrogen) atoms. The Bertz CT molecular complexity index is 415. The third kappa shape index (κ3) is 2.05. The van der Waals surface area contributed by atoms with Gasteiger partial charge in [0, 0.05) is 18.4 Å².